The summed E-state index contributed by atoms with van der Waals surface area (Å²) < 4.78 is 52.1. The number of rotatable bonds is 5. The van der Waals surface area contributed by atoms with Gasteiger partial charge in [-0.25, -0.2) is 9.67 Å². The molecule has 0 saturated heterocycles. The Kier molecular flexibility index (Phi) is 4.87. The number of nitrogens with one attached hydrogen (secondary N) is 2. The first-order valence-electron chi connectivity index (χ1n) is 6.88. The van der Waals surface area contributed by atoms with Crippen molar-refractivity contribution in [3.63, 3.8) is 0 Å². The Balaban J connectivity index is 2.36. The highest BCUT2D eigenvalue weighted by Gasteiger charge is 2.48. The first-order valence-corrected chi connectivity index (χ1v) is 6.88. The Morgan fingerprint density at radius 1 is 1.15 bits per heavy atom. The van der Waals surface area contributed by atoms with Gasteiger partial charge in [-0.1, -0.05) is 0 Å². The van der Waals surface area contributed by atoms with Gasteiger partial charge in [-0.2, -0.15) is 27.6 Å². The summed E-state index contributed by atoms with van der Waals surface area (Å²) in [6.07, 6.45) is -3.12. The predicted molar refractivity (Wildman–Crippen MR) is 81.1 cm³/mol. The third-order valence-corrected chi connectivity index (χ3v) is 3.38. The molecule has 2 aromatic rings. The van der Waals surface area contributed by atoms with E-state index in [4.69, 9.17) is 18.1 Å². The Labute approximate surface area is 145 Å². The van der Waals surface area contributed by atoms with Gasteiger partial charge in [-0.15, -0.1) is 0 Å². The number of halogens is 4. The van der Waals surface area contributed by atoms with E-state index in [0.29, 0.717) is 10.9 Å². The minimum Gasteiger partial charge on any atom is -0.372 e. The number of anilines is 3. The average molecular weight is 376 g/mol. The number of hydrogen-bond acceptors (Lipinski definition) is 8. The molecule has 0 aliphatic heterocycles. The summed E-state index contributed by atoms with van der Waals surface area (Å²) >= 11 is 0. The molecule has 2 radical (unpaired) electrons. The van der Waals surface area contributed by atoms with Crippen molar-refractivity contribution >= 4 is 25.3 Å². The normalized spacial score (nSPS) is 14.8. The highest BCUT2D eigenvalue weighted by atomic mass is 19.4. The molecule has 0 fully saturated rings. The van der Waals surface area contributed by atoms with E-state index in [9.17, 15) is 22.7 Å². The van der Waals surface area contributed by atoms with Crippen molar-refractivity contribution in [2.75, 3.05) is 17.7 Å². The summed E-state index contributed by atoms with van der Waals surface area (Å²) in [5.74, 6) is -0.770. The van der Waals surface area contributed by atoms with E-state index in [1.54, 1.807) is 0 Å². The number of hydrogen-bond donors (Lipinski definition) is 5. The molecule has 0 amide bonds. The van der Waals surface area contributed by atoms with Crippen LogP contribution in [-0.2, 0) is 11.8 Å². The lowest BCUT2D eigenvalue weighted by Gasteiger charge is -2.31. The zero-order chi connectivity index (χ0) is 19.9. The van der Waals surface area contributed by atoms with Gasteiger partial charge in [-0.05, 0) is 6.92 Å². The number of aromatic nitrogens is 4. The second-order valence-electron chi connectivity index (χ2n) is 5.20. The van der Waals surface area contributed by atoms with E-state index in [-0.39, 0.29) is 17.3 Å². The molecule has 0 aliphatic carbocycles. The van der Waals surface area contributed by atoms with Gasteiger partial charge in [0.2, 0.25) is 5.95 Å². The van der Waals surface area contributed by atoms with E-state index < -0.39 is 29.2 Å². The maximum atomic E-state index is 13.2. The summed E-state index contributed by atoms with van der Waals surface area (Å²) in [6, 6.07) is -4.22. The van der Waals surface area contributed by atoms with Crippen molar-refractivity contribution in [1.29, 1.82) is 0 Å². The largest absolute Gasteiger partial charge is 0.421 e. The van der Waals surface area contributed by atoms with Crippen LogP contribution in [0.15, 0.2) is 12.4 Å². The van der Waals surface area contributed by atoms with Crippen molar-refractivity contribution in [3.8, 4) is 0 Å². The van der Waals surface area contributed by atoms with E-state index in [0.717, 1.165) is 6.20 Å². The fourth-order valence-corrected chi connectivity index (χ4v) is 1.97. The number of nitrogens with zero attached hydrogens (tertiary/aromatic N) is 4. The van der Waals surface area contributed by atoms with Crippen LogP contribution in [0.4, 0.5) is 35.0 Å². The van der Waals surface area contributed by atoms with E-state index >= 15 is 0 Å². The van der Waals surface area contributed by atoms with Crippen LogP contribution in [0.25, 0.3) is 0 Å². The molecule has 0 spiro atoms. The molecular weight excluding hydrogens is 363 g/mol. The summed E-state index contributed by atoms with van der Waals surface area (Å²) in [5.41, 5.74) is -4.49. The van der Waals surface area contributed by atoms with E-state index in [1.165, 1.54) is 14.0 Å². The minimum atomic E-state index is -4.67. The van der Waals surface area contributed by atoms with Crippen molar-refractivity contribution in [2.24, 2.45) is 0 Å². The van der Waals surface area contributed by atoms with Crippen LogP contribution in [0.3, 0.4) is 0 Å². The molecule has 1 unspecified atom stereocenters. The highest BCUT2D eigenvalue weighted by Crippen LogP contribution is 2.34. The molecule has 14 heteroatoms. The molecule has 0 aromatic carbocycles. The van der Waals surface area contributed by atoms with Gasteiger partial charge >= 0.3 is 12.2 Å². The second-order valence-corrected chi connectivity index (χ2v) is 5.20. The van der Waals surface area contributed by atoms with E-state index in [1.807, 2.05) is 0 Å². The van der Waals surface area contributed by atoms with Crippen molar-refractivity contribution in [2.45, 2.75) is 24.8 Å². The van der Waals surface area contributed by atoms with Crippen molar-refractivity contribution in [1.82, 2.24) is 19.7 Å². The van der Waals surface area contributed by atoms with Crippen LogP contribution in [-0.4, -0.2) is 56.0 Å². The number of alkyl halides is 4. The van der Waals surface area contributed by atoms with Gasteiger partial charge in [0.15, 0.2) is 13.5 Å². The molecule has 0 aliphatic rings. The van der Waals surface area contributed by atoms with Gasteiger partial charge in [0.25, 0.3) is 0 Å². The van der Waals surface area contributed by atoms with Crippen LogP contribution in [0.1, 0.15) is 11.3 Å². The standard InChI is InChI=1S/C12H13BF4N6O3/c1-5-7(4-20-23(5)11(13,24)12(17,25)26)21-9-19-3-6(10(14,15)16)8(18-2)22-9/h3-4,24-26H,1-2H3,(H2,18,19,21,22). The Morgan fingerprint density at radius 2 is 1.77 bits per heavy atom. The second kappa shape index (κ2) is 6.37. The lowest BCUT2D eigenvalue weighted by molar-refractivity contribution is -0.351. The van der Waals surface area contributed by atoms with Crippen LogP contribution in [0.5, 0.6) is 0 Å². The third-order valence-electron chi connectivity index (χ3n) is 3.38. The van der Waals surface area contributed by atoms with Crippen LogP contribution >= 0.6 is 0 Å². The molecule has 1 atom stereocenters. The zero-order valence-corrected chi connectivity index (χ0v) is 13.4. The van der Waals surface area contributed by atoms with E-state index in [2.05, 4.69) is 25.7 Å². The zero-order valence-electron chi connectivity index (χ0n) is 13.4. The molecular formula is C12H13BF4N6O3. The van der Waals surface area contributed by atoms with Gasteiger partial charge < -0.3 is 26.0 Å². The maximum absolute atomic E-state index is 13.2. The topological polar surface area (TPSA) is 128 Å². The smallest absolute Gasteiger partial charge is 0.372 e. The predicted octanol–water partition coefficient (Wildman–Crippen LogP) is 0.165. The quantitative estimate of drug-likeness (QED) is 0.284. The molecule has 26 heavy (non-hydrogen) atoms. The SMILES string of the molecule is [B]C(O)(n1ncc(Nc2ncc(C(F)(F)F)c(NC)n2)c1C)C(O)(O)F. The fraction of sp³-hybridized carbons (Fsp3) is 0.417. The lowest BCUT2D eigenvalue weighted by Crippen LogP contribution is -2.54. The van der Waals surface area contributed by atoms with Gasteiger partial charge in [0, 0.05) is 13.2 Å². The molecule has 2 aromatic heterocycles. The molecule has 9 nitrogen and oxygen atoms in total. The van der Waals surface area contributed by atoms with Crippen molar-refractivity contribution < 1.29 is 32.9 Å². The van der Waals surface area contributed by atoms with Crippen LogP contribution < -0.4 is 10.6 Å². The number of aliphatic hydroxyl groups is 3. The van der Waals surface area contributed by atoms with Gasteiger partial charge in [-0.3, -0.25) is 0 Å². The minimum absolute atomic E-state index is 0.0138. The lowest BCUT2D eigenvalue weighted by atomic mass is 9.89. The van der Waals surface area contributed by atoms with Gasteiger partial charge in [0.05, 0.1) is 17.6 Å². The summed E-state index contributed by atoms with van der Waals surface area (Å²) in [7, 11) is 6.36. The molecule has 5 N–H and O–H groups in total. The fourth-order valence-electron chi connectivity index (χ4n) is 1.97. The van der Waals surface area contributed by atoms with Crippen molar-refractivity contribution in [3.05, 3.63) is 23.7 Å². The summed E-state index contributed by atoms with van der Waals surface area (Å²) in [4.78, 5) is 7.18. The monoisotopic (exact) mass is 376 g/mol. The molecule has 2 rings (SSSR count). The first-order chi connectivity index (χ1) is 11.8. The molecule has 0 bridgehead atoms. The average Bonchev–Trinajstić information content (AvgIpc) is 2.86. The highest BCUT2D eigenvalue weighted by molar-refractivity contribution is 6.12. The third kappa shape index (κ3) is 3.56. The molecule has 140 valence electrons. The molecule has 0 saturated carbocycles. The summed E-state index contributed by atoms with van der Waals surface area (Å²) in [6.45, 7) is 1.27. The van der Waals surface area contributed by atoms with Crippen LogP contribution in [0.2, 0.25) is 0 Å². The Bertz CT molecular complexity index is 805. The summed E-state index contributed by atoms with van der Waals surface area (Å²) in [5, 5.41) is 35.8. The molecule has 2 heterocycles. The Hall–Kier alpha value is -2.45. The first kappa shape index (κ1) is 19.9. The van der Waals surface area contributed by atoms with Crippen LogP contribution in [0, 0.1) is 6.92 Å². The maximum Gasteiger partial charge on any atom is 0.421 e. The Morgan fingerprint density at radius 3 is 2.27 bits per heavy atom. The van der Waals surface area contributed by atoms with Gasteiger partial charge in [0.1, 0.15) is 11.4 Å².